The number of aliphatic imine (C=N–C) groups is 1. The lowest BCUT2D eigenvalue weighted by atomic mass is 10.2. The van der Waals surface area contributed by atoms with Crippen LogP contribution in [0.25, 0.3) is 11.0 Å². The zero-order valence-corrected chi connectivity index (χ0v) is 14.1. The first-order valence-electron chi connectivity index (χ1n) is 6.93. The highest BCUT2D eigenvalue weighted by Crippen LogP contribution is 2.34. The maximum atomic E-state index is 9.88. The second-order valence-electron chi connectivity index (χ2n) is 5.37. The molecule has 1 saturated heterocycles. The van der Waals surface area contributed by atoms with Crippen molar-refractivity contribution in [1.82, 2.24) is 30.1 Å². The topological polar surface area (TPSA) is 122 Å². The Balaban J connectivity index is 2.02. The van der Waals surface area contributed by atoms with Crippen LogP contribution in [0.4, 0.5) is 5.82 Å². The van der Waals surface area contributed by atoms with Gasteiger partial charge in [-0.05, 0) is 21.1 Å². The number of nitrogens with zero attached hydrogens (tertiary/aromatic N) is 7. The van der Waals surface area contributed by atoms with E-state index in [-0.39, 0.29) is 6.61 Å². The third-order valence-electron chi connectivity index (χ3n) is 3.41. The van der Waals surface area contributed by atoms with Gasteiger partial charge in [0, 0.05) is 20.5 Å². The van der Waals surface area contributed by atoms with Gasteiger partial charge in [0.2, 0.25) is 0 Å². The van der Waals surface area contributed by atoms with Gasteiger partial charge in [0.05, 0.1) is 19.0 Å². The highest BCUT2D eigenvalue weighted by molar-refractivity contribution is 9.10. The fraction of sp³-hybridized carbons (Fsp3) is 0.583. The van der Waals surface area contributed by atoms with Crippen molar-refractivity contribution in [2.24, 2.45) is 4.99 Å². The van der Waals surface area contributed by atoms with Gasteiger partial charge in [-0.15, -0.1) is 10.2 Å². The normalized spacial score (nSPS) is 24.8. The summed E-state index contributed by atoms with van der Waals surface area (Å²) >= 11 is 3.38. The van der Waals surface area contributed by atoms with Gasteiger partial charge in [-0.1, -0.05) is 0 Å². The number of hydrogen-bond acceptors (Lipinski definition) is 8. The average molecular weight is 386 g/mol. The van der Waals surface area contributed by atoms with E-state index in [1.807, 2.05) is 14.1 Å². The summed E-state index contributed by atoms with van der Waals surface area (Å²) in [5.74, 6) is 0.374. The van der Waals surface area contributed by atoms with Crippen molar-refractivity contribution in [3.63, 3.8) is 0 Å². The van der Waals surface area contributed by atoms with Crippen molar-refractivity contribution in [2.75, 3.05) is 20.7 Å². The quantitative estimate of drug-likeness (QED) is 0.550. The highest BCUT2D eigenvalue weighted by atomic mass is 79.9. The van der Waals surface area contributed by atoms with Gasteiger partial charge in [-0.25, -0.2) is 9.67 Å². The number of aliphatic hydroxyl groups excluding tert-OH is 2. The molecule has 10 nitrogen and oxygen atoms in total. The Labute approximate surface area is 139 Å². The van der Waals surface area contributed by atoms with Gasteiger partial charge in [0.1, 0.15) is 16.1 Å². The minimum absolute atomic E-state index is 0.260. The minimum atomic E-state index is -0.760. The Kier molecular flexibility index (Phi) is 4.53. The molecule has 11 heteroatoms. The van der Waals surface area contributed by atoms with Crippen molar-refractivity contribution in [3.8, 4) is 0 Å². The molecule has 0 radical (unpaired) electrons. The second kappa shape index (κ2) is 6.43. The molecule has 2 aromatic heterocycles. The molecule has 0 aromatic carbocycles. The van der Waals surface area contributed by atoms with Gasteiger partial charge in [0.25, 0.3) is 0 Å². The van der Waals surface area contributed by atoms with Gasteiger partial charge >= 0.3 is 0 Å². The molecule has 3 rings (SSSR count). The number of aromatic nitrogens is 5. The summed E-state index contributed by atoms with van der Waals surface area (Å²) in [7, 11) is 3.69. The van der Waals surface area contributed by atoms with E-state index in [0.29, 0.717) is 27.9 Å². The molecule has 2 aromatic rings. The number of halogens is 1. The van der Waals surface area contributed by atoms with E-state index in [9.17, 15) is 10.2 Å². The summed E-state index contributed by atoms with van der Waals surface area (Å²) in [5.41, 5.74) is 0.438. The van der Waals surface area contributed by atoms with Crippen molar-refractivity contribution < 1.29 is 14.9 Å². The van der Waals surface area contributed by atoms with E-state index >= 15 is 0 Å². The molecule has 0 spiro atoms. The minimum Gasteiger partial charge on any atom is -0.394 e. The summed E-state index contributed by atoms with van der Waals surface area (Å²) in [6.07, 6.45) is -0.0407. The van der Waals surface area contributed by atoms with Crippen LogP contribution in [0.3, 0.4) is 0 Å². The predicted octanol–water partition coefficient (Wildman–Crippen LogP) is -0.154. The van der Waals surface area contributed by atoms with E-state index in [1.165, 1.54) is 4.68 Å². The molecule has 0 aliphatic carbocycles. The predicted molar refractivity (Wildman–Crippen MR) is 84.3 cm³/mol. The lowest BCUT2D eigenvalue weighted by Gasteiger charge is -2.12. The van der Waals surface area contributed by atoms with Crippen LogP contribution in [-0.4, -0.2) is 79.6 Å². The van der Waals surface area contributed by atoms with E-state index in [0.717, 1.165) is 0 Å². The Morgan fingerprint density at radius 1 is 1.48 bits per heavy atom. The average Bonchev–Trinajstić information content (AvgIpc) is 3.06. The number of aliphatic hydroxyl groups is 2. The molecule has 3 atom stereocenters. The fourth-order valence-electron chi connectivity index (χ4n) is 2.33. The third kappa shape index (κ3) is 3.04. The molecule has 1 aliphatic rings. The Morgan fingerprint density at radius 3 is 2.91 bits per heavy atom. The molecule has 0 amide bonds. The molecule has 124 valence electrons. The molecule has 1 fully saturated rings. The van der Waals surface area contributed by atoms with Gasteiger partial charge in [-0.2, -0.15) is 5.10 Å². The van der Waals surface area contributed by atoms with E-state index < -0.39 is 18.4 Å². The first kappa shape index (κ1) is 16.2. The van der Waals surface area contributed by atoms with Crippen molar-refractivity contribution >= 4 is 39.1 Å². The van der Waals surface area contributed by atoms with Crippen molar-refractivity contribution in [3.05, 3.63) is 4.60 Å². The highest BCUT2D eigenvalue weighted by Gasteiger charge is 2.36. The zero-order chi connectivity index (χ0) is 16.6. The summed E-state index contributed by atoms with van der Waals surface area (Å²) in [4.78, 5) is 6.03. The van der Waals surface area contributed by atoms with E-state index in [4.69, 9.17) is 4.74 Å². The molecular weight excluding hydrogens is 370 g/mol. The third-order valence-corrected chi connectivity index (χ3v) is 3.97. The zero-order valence-electron chi connectivity index (χ0n) is 12.5. The Morgan fingerprint density at radius 2 is 2.26 bits per heavy atom. The molecule has 1 unspecified atom stereocenters. The largest absolute Gasteiger partial charge is 0.394 e. The van der Waals surface area contributed by atoms with E-state index in [1.54, 1.807) is 11.2 Å². The maximum Gasteiger partial charge on any atom is 0.191 e. The van der Waals surface area contributed by atoms with E-state index in [2.05, 4.69) is 41.4 Å². The van der Waals surface area contributed by atoms with Crippen molar-refractivity contribution in [1.29, 1.82) is 0 Å². The van der Waals surface area contributed by atoms with Crippen LogP contribution in [0.5, 0.6) is 0 Å². The molecule has 23 heavy (non-hydrogen) atoms. The maximum absolute atomic E-state index is 9.88. The number of hydrogen-bond donors (Lipinski definition) is 2. The van der Waals surface area contributed by atoms with Crippen LogP contribution >= 0.6 is 15.9 Å². The first-order chi connectivity index (χ1) is 11.0. The summed E-state index contributed by atoms with van der Waals surface area (Å²) < 4.78 is 7.63. The SMILES string of the molecule is CN(C)/C=N\c1nnnc2c1c(Br)nn2C1C[C@H](O)[C@@H](CO)O1. The molecular formula is C12H16BrN7O3. The fourth-order valence-corrected chi connectivity index (χ4v) is 2.86. The van der Waals surface area contributed by atoms with Crippen molar-refractivity contribution in [2.45, 2.75) is 24.9 Å². The van der Waals surface area contributed by atoms with Crippen LogP contribution in [0.1, 0.15) is 12.6 Å². The monoisotopic (exact) mass is 385 g/mol. The lowest BCUT2D eigenvalue weighted by Crippen LogP contribution is -2.24. The van der Waals surface area contributed by atoms with Gasteiger partial charge < -0.3 is 19.8 Å². The summed E-state index contributed by atoms with van der Waals surface area (Å²) in [6, 6.07) is 0. The second-order valence-corrected chi connectivity index (χ2v) is 6.12. The summed E-state index contributed by atoms with van der Waals surface area (Å²) in [6.45, 7) is -0.260. The molecule has 0 bridgehead atoms. The molecule has 0 saturated carbocycles. The van der Waals surface area contributed by atoms with Crippen LogP contribution in [0.2, 0.25) is 0 Å². The van der Waals surface area contributed by atoms with Crippen LogP contribution in [-0.2, 0) is 4.74 Å². The van der Waals surface area contributed by atoms with Gasteiger partial charge in [0.15, 0.2) is 17.7 Å². The molecule has 3 heterocycles. The van der Waals surface area contributed by atoms with Gasteiger partial charge in [-0.3, -0.25) is 0 Å². The van der Waals surface area contributed by atoms with Crippen LogP contribution in [0, 0.1) is 0 Å². The lowest BCUT2D eigenvalue weighted by molar-refractivity contribution is -0.0471. The van der Waals surface area contributed by atoms with Crippen LogP contribution in [0.15, 0.2) is 9.60 Å². The number of rotatable bonds is 4. The smallest absolute Gasteiger partial charge is 0.191 e. The number of ether oxygens (including phenoxy) is 1. The number of fused-ring (bicyclic) bond motifs is 1. The molecule has 2 N–H and O–H groups in total. The Bertz CT molecular complexity index is 735. The molecule has 1 aliphatic heterocycles. The standard InChI is InChI=1S/C12H16BrN7O3/c1-19(2)5-14-11-9-10(13)17-20(12(9)16-18-15-11)8-3-6(22)7(4-21)23-8/h5-8,21-22H,3-4H2,1-2H3/b14-5-/t6-,7+,8?/m0/s1. The Hall–Kier alpha value is -1.69. The first-order valence-corrected chi connectivity index (χ1v) is 7.72. The van der Waals surface area contributed by atoms with Crippen LogP contribution < -0.4 is 0 Å². The summed E-state index contributed by atoms with van der Waals surface area (Å²) in [5, 5.41) is 35.7.